The molecule has 1 aliphatic heterocycles. The van der Waals surface area contributed by atoms with Crippen molar-refractivity contribution in [2.75, 3.05) is 0 Å². The second-order valence-corrected chi connectivity index (χ2v) is 8.01. The van der Waals surface area contributed by atoms with Gasteiger partial charge in [-0.25, -0.2) is 0 Å². The summed E-state index contributed by atoms with van der Waals surface area (Å²) in [5.74, 6) is 0.0255. The first kappa shape index (κ1) is 20.2. The lowest BCUT2D eigenvalue weighted by atomic mass is 9.94. The zero-order valence-corrected chi connectivity index (χ0v) is 16.7. The second kappa shape index (κ2) is 7.63. The monoisotopic (exact) mass is 413 g/mol. The van der Waals surface area contributed by atoms with Crippen molar-refractivity contribution >= 4 is 5.91 Å². The predicted octanol–water partition coefficient (Wildman–Crippen LogP) is 5.37. The van der Waals surface area contributed by atoms with Gasteiger partial charge in [0.25, 0.3) is 5.91 Å². The third-order valence-electron chi connectivity index (χ3n) is 5.27. The summed E-state index contributed by atoms with van der Waals surface area (Å²) < 4.78 is 40.1. The second-order valence-electron chi connectivity index (χ2n) is 8.01. The highest BCUT2D eigenvalue weighted by Gasteiger charge is 2.43. The Morgan fingerprint density at radius 3 is 2.50 bits per heavy atom. The number of rotatable bonds is 5. The third-order valence-corrected chi connectivity index (χ3v) is 5.27. The van der Waals surface area contributed by atoms with Crippen molar-refractivity contribution in [3.05, 3.63) is 88.2 Å². The molecule has 0 saturated heterocycles. The Hall–Kier alpha value is -3.09. The molecule has 156 valence electrons. The Balaban J connectivity index is 1.83. The molecule has 1 amide bonds. The van der Waals surface area contributed by atoms with Crippen molar-refractivity contribution in [1.29, 1.82) is 0 Å². The van der Waals surface area contributed by atoms with Crippen LogP contribution in [-0.2, 0) is 19.1 Å². The van der Waals surface area contributed by atoms with E-state index in [0.29, 0.717) is 29.2 Å². The van der Waals surface area contributed by atoms with Gasteiger partial charge < -0.3 is 4.90 Å². The fourth-order valence-electron chi connectivity index (χ4n) is 3.99. The summed E-state index contributed by atoms with van der Waals surface area (Å²) in [6.45, 7) is 4.38. The Morgan fingerprint density at radius 2 is 1.83 bits per heavy atom. The van der Waals surface area contributed by atoms with Crippen LogP contribution in [0.25, 0.3) is 0 Å². The van der Waals surface area contributed by atoms with E-state index < -0.39 is 17.8 Å². The first-order valence-electron chi connectivity index (χ1n) is 9.85. The summed E-state index contributed by atoms with van der Waals surface area (Å²) in [4.78, 5) is 14.8. The average Bonchev–Trinajstić information content (AvgIpc) is 3.21. The summed E-state index contributed by atoms with van der Waals surface area (Å²) in [6, 6.07) is 14.0. The predicted molar refractivity (Wildman–Crippen MR) is 107 cm³/mol. The molecule has 0 saturated carbocycles. The number of hydrogen-bond acceptors (Lipinski definition) is 2. The van der Waals surface area contributed by atoms with Crippen LogP contribution in [0.3, 0.4) is 0 Å². The van der Waals surface area contributed by atoms with Gasteiger partial charge in [-0.05, 0) is 35.6 Å². The lowest BCUT2D eigenvalue weighted by Gasteiger charge is -2.27. The molecular weight excluding hydrogens is 391 g/mol. The van der Waals surface area contributed by atoms with E-state index in [9.17, 15) is 18.0 Å². The molecule has 2 aromatic carbocycles. The molecule has 1 unspecified atom stereocenters. The number of hydrogen-bond donors (Lipinski definition) is 1. The van der Waals surface area contributed by atoms with Crippen molar-refractivity contribution < 1.29 is 18.0 Å². The summed E-state index contributed by atoms with van der Waals surface area (Å²) in [5.41, 5.74) is 2.38. The molecule has 0 aliphatic carbocycles. The number of nitrogens with zero attached hydrogens (tertiary/aromatic N) is 2. The normalized spacial score (nSPS) is 16.4. The van der Waals surface area contributed by atoms with E-state index in [1.807, 2.05) is 44.2 Å². The van der Waals surface area contributed by atoms with E-state index in [4.69, 9.17) is 0 Å². The Bertz CT molecular complexity index is 1060. The fraction of sp³-hybridized carbons (Fsp3) is 0.304. The molecule has 1 aromatic heterocycles. The van der Waals surface area contributed by atoms with E-state index >= 15 is 0 Å². The molecule has 1 N–H and O–H groups in total. The number of aromatic nitrogens is 2. The standard InChI is InChI=1S/C23H22F3N3O/c1-14(2)11-18-19-20(28-27-18)22(30)29(13-15-7-4-3-5-8-15)21(19)16-9-6-10-17(12-16)23(24,25)26/h3-10,12,14,21H,11,13H2,1-2H3,(H,27,28). The largest absolute Gasteiger partial charge is 0.416 e. The molecule has 0 spiro atoms. The average molecular weight is 413 g/mol. The number of nitrogens with one attached hydrogen (secondary N) is 1. The van der Waals surface area contributed by atoms with Crippen LogP contribution in [0.5, 0.6) is 0 Å². The molecule has 0 bridgehead atoms. The zero-order valence-electron chi connectivity index (χ0n) is 16.7. The summed E-state index contributed by atoms with van der Waals surface area (Å²) in [7, 11) is 0. The van der Waals surface area contributed by atoms with E-state index in [-0.39, 0.29) is 12.5 Å². The zero-order chi connectivity index (χ0) is 21.5. The smallest absolute Gasteiger partial charge is 0.322 e. The summed E-state index contributed by atoms with van der Waals surface area (Å²) in [5, 5.41) is 7.18. The van der Waals surface area contributed by atoms with Crippen LogP contribution in [0.15, 0.2) is 54.6 Å². The van der Waals surface area contributed by atoms with Gasteiger partial charge in [-0.3, -0.25) is 9.89 Å². The highest BCUT2D eigenvalue weighted by molar-refractivity contribution is 5.98. The van der Waals surface area contributed by atoms with Crippen molar-refractivity contribution in [2.45, 2.75) is 39.0 Å². The number of carbonyl (C=O) groups excluding carboxylic acids is 1. The van der Waals surface area contributed by atoms with Crippen LogP contribution in [0.1, 0.15) is 58.3 Å². The van der Waals surface area contributed by atoms with Crippen LogP contribution in [0, 0.1) is 5.92 Å². The molecule has 2 heterocycles. The number of alkyl halides is 3. The fourth-order valence-corrected chi connectivity index (χ4v) is 3.99. The number of fused-ring (bicyclic) bond motifs is 1. The van der Waals surface area contributed by atoms with Gasteiger partial charge in [-0.15, -0.1) is 0 Å². The van der Waals surface area contributed by atoms with Gasteiger partial charge in [0.1, 0.15) is 0 Å². The number of H-pyrrole nitrogens is 1. The molecule has 0 radical (unpaired) electrons. The minimum Gasteiger partial charge on any atom is -0.322 e. The molecule has 7 heteroatoms. The lowest BCUT2D eigenvalue weighted by Crippen LogP contribution is -2.29. The van der Waals surface area contributed by atoms with Crippen LogP contribution in [-0.4, -0.2) is 21.0 Å². The van der Waals surface area contributed by atoms with Crippen molar-refractivity contribution in [3.63, 3.8) is 0 Å². The highest BCUT2D eigenvalue weighted by atomic mass is 19.4. The number of aromatic amines is 1. The molecular formula is C23H22F3N3O. The van der Waals surface area contributed by atoms with Crippen LogP contribution >= 0.6 is 0 Å². The van der Waals surface area contributed by atoms with Gasteiger partial charge in [0, 0.05) is 17.8 Å². The maximum absolute atomic E-state index is 13.4. The molecule has 1 atom stereocenters. The Kier molecular flexibility index (Phi) is 5.13. The van der Waals surface area contributed by atoms with E-state index in [1.165, 1.54) is 6.07 Å². The number of benzene rings is 2. The molecule has 0 fully saturated rings. The molecule has 30 heavy (non-hydrogen) atoms. The van der Waals surface area contributed by atoms with Crippen LogP contribution in [0.2, 0.25) is 0 Å². The van der Waals surface area contributed by atoms with Crippen molar-refractivity contribution in [2.24, 2.45) is 5.92 Å². The minimum absolute atomic E-state index is 0.275. The molecule has 4 nitrogen and oxygen atoms in total. The topological polar surface area (TPSA) is 49.0 Å². The van der Waals surface area contributed by atoms with E-state index in [0.717, 1.165) is 23.4 Å². The minimum atomic E-state index is -4.46. The van der Waals surface area contributed by atoms with Gasteiger partial charge in [-0.1, -0.05) is 56.3 Å². The first-order valence-corrected chi connectivity index (χ1v) is 9.85. The third kappa shape index (κ3) is 3.72. The van der Waals surface area contributed by atoms with Crippen molar-refractivity contribution in [3.8, 4) is 0 Å². The Morgan fingerprint density at radius 1 is 1.10 bits per heavy atom. The van der Waals surface area contributed by atoms with Crippen LogP contribution < -0.4 is 0 Å². The maximum atomic E-state index is 13.4. The maximum Gasteiger partial charge on any atom is 0.416 e. The van der Waals surface area contributed by atoms with E-state index in [2.05, 4.69) is 10.2 Å². The molecule has 1 aliphatic rings. The van der Waals surface area contributed by atoms with Gasteiger partial charge in [0.2, 0.25) is 0 Å². The lowest BCUT2D eigenvalue weighted by molar-refractivity contribution is -0.137. The number of amides is 1. The van der Waals surface area contributed by atoms with Gasteiger partial charge in [0.15, 0.2) is 5.69 Å². The molecule has 3 aromatic rings. The summed E-state index contributed by atoms with van der Waals surface area (Å²) >= 11 is 0. The molecule has 4 rings (SSSR count). The first-order chi connectivity index (χ1) is 14.3. The summed E-state index contributed by atoms with van der Waals surface area (Å²) in [6.07, 6.45) is -3.80. The number of carbonyl (C=O) groups is 1. The van der Waals surface area contributed by atoms with Crippen molar-refractivity contribution in [1.82, 2.24) is 15.1 Å². The van der Waals surface area contributed by atoms with Gasteiger partial charge in [0.05, 0.1) is 11.6 Å². The van der Waals surface area contributed by atoms with Gasteiger partial charge >= 0.3 is 6.18 Å². The quantitative estimate of drug-likeness (QED) is 0.611. The SMILES string of the molecule is CC(C)Cc1[nH]nc2c1C(c1cccc(C(F)(F)F)c1)N(Cc1ccccc1)C2=O. The Labute approximate surface area is 172 Å². The number of halogens is 3. The van der Waals surface area contributed by atoms with Crippen LogP contribution in [0.4, 0.5) is 13.2 Å². The highest BCUT2D eigenvalue weighted by Crippen LogP contribution is 2.42. The van der Waals surface area contributed by atoms with E-state index in [1.54, 1.807) is 11.0 Å². The van der Waals surface area contributed by atoms with Gasteiger partial charge in [-0.2, -0.15) is 18.3 Å².